The second-order valence-corrected chi connectivity index (χ2v) is 9.04. The van der Waals surface area contributed by atoms with Crippen molar-refractivity contribution in [3.05, 3.63) is 72.6 Å². The number of aromatic nitrogens is 2. The molecule has 0 aliphatic rings. The minimum Gasteiger partial charge on any atom is -0.494 e. The van der Waals surface area contributed by atoms with E-state index < -0.39 is 0 Å². The molecule has 0 saturated heterocycles. The van der Waals surface area contributed by atoms with Gasteiger partial charge in [0.05, 0.1) is 30.8 Å². The van der Waals surface area contributed by atoms with Gasteiger partial charge in [0.15, 0.2) is 0 Å². The molecule has 0 radical (unpaired) electrons. The van der Waals surface area contributed by atoms with Crippen LogP contribution < -0.4 is 25.6 Å². The van der Waals surface area contributed by atoms with Gasteiger partial charge in [-0.05, 0) is 56.6 Å². The molecule has 0 bridgehead atoms. The predicted octanol–water partition coefficient (Wildman–Crippen LogP) is 2.69. The molecule has 0 fully saturated rings. The van der Waals surface area contributed by atoms with Gasteiger partial charge in [0, 0.05) is 50.2 Å². The van der Waals surface area contributed by atoms with Gasteiger partial charge < -0.3 is 40.7 Å². The number of carbonyl (C=O) groups is 3. The zero-order valence-electron chi connectivity index (χ0n) is 24.1. The lowest BCUT2D eigenvalue weighted by Gasteiger charge is -2.26. The number of amides is 1. The van der Waals surface area contributed by atoms with E-state index in [1.165, 1.54) is 12.3 Å². The van der Waals surface area contributed by atoms with Crippen molar-refractivity contribution in [2.75, 3.05) is 75.3 Å². The summed E-state index contributed by atoms with van der Waals surface area (Å²) >= 11 is 0. The van der Waals surface area contributed by atoms with Gasteiger partial charge in [-0.2, -0.15) is 0 Å². The van der Waals surface area contributed by atoms with Crippen LogP contribution in [0.1, 0.15) is 16.1 Å². The Labute approximate surface area is 244 Å². The summed E-state index contributed by atoms with van der Waals surface area (Å²) in [6.07, 6.45) is 2.70. The van der Waals surface area contributed by atoms with Crippen LogP contribution >= 0.6 is 0 Å². The fraction of sp³-hybridized carbons (Fsp3) is 0.276. The Morgan fingerprint density at radius 1 is 1.07 bits per heavy atom. The molecule has 0 spiro atoms. The van der Waals surface area contributed by atoms with Crippen LogP contribution in [0.2, 0.25) is 0 Å². The third-order valence-corrected chi connectivity index (χ3v) is 5.78. The number of likely N-dealkylation sites (N-methyl/N-ethyl adjacent to an activating group) is 2. The standard InChI is InChI=1S/C28H35N7O4.CH2O2/c1-6-26(37)31-22-17-23(25(39-5)18-24(22)35(4)15-14-34(2)3)33-28-30-12-11-21(32-28)27(38)19-7-9-20(10-8-19)29-13-16-36;2-1-3/h6-12,17-18,29,36H,1,13-16H2,2-5H3,(H,31,37)(H,30,32,33);1H,(H,2,3). The van der Waals surface area contributed by atoms with Crippen molar-refractivity contribution < 1.29 is 29.3 Å². The SMILES string of the molecule is C=CC(=O)Nc1cc(Nc2nccc(C(=O)c3ccc(NCCO)cc3)n2)c(OC)cc1N(C)CCN(C)C.O=CO. The Morgan fingerprint density at radius 3 is 2.36 bits per heavy atom. The number of hydrogen-bond donors (Lipinski definition) is 5. The maximum Gasteiger partial charge on any atom is 0.290 e. The fourth-order valence-electron chi connectivity index (χ4n) is 3.66. The summed E-state index contributed by atoms with van der Waals surface area (Å²) in [5, 5.41) is 24.9. The molecular weight excluding hydrogens is 542 g/mol. The van der Waals surface area contributed by atoms with E-state index in [1.807, 2.05) is 32.1 Å². The third-order valence-electron chi connectivity index (χ3n) is 5.78. The number of benzene rings is 2. The minimum atomic E-state index is -0.352. The molecule has 3 aromatic rings. The Bertz CT molecular complexity index is 1350. The number of carbonyl (C=O) groups excluding carboxylic acids is 2. The molecule has 0 atom stereocenters. The number of carboxylic acid groups (broad SMARTS) is 1. The van der Waals surface area contributed by atoms with Gasteiger partial charge in [0.2, 0.25) is 17.6 Å². The smallest absolute Gasteiger partial charge is 0.290 e. The molecule has 2 aromatic carbocycles. The number of anilines is 5. The topological polar surface area (TPSA) is 169 Å². The Kier molecular flexibility index (Phi) is 13.4. The van der Waals surface area contributed by atoms with Crippen LogP contribution in [0.15, 0.2) is 61.3 Å². The van der Waals surface area contributed by atoms with Crippen LogP contribution in [0.4, 0.5) is 28.7 Å². The number of aliphatic hydroxyl groups excluding tert-OH is 1. The highest BCUT2D eigenvalue weighted by molar-refractivity contribution is 6.08. The van der Waals surface area contributed by atoms with E-state index in [9.17, 15) is 9.59 Å². The summed E-state index contributed by atoms with van der Waals surface area (Å²) < 4.78 is 5.63. The van der Waals surface area contributed by atoms with Gasteiger partial charge >= 0.3 is 0 Å². The first-order valence-corrected chi connectivity index (χ1v) is 12.9. The van der Waals surface area contributed by atoms with Crippen molar-refractivity contribution in [1.29, 1.82) is 0 Å². The summed E-state index contributed by atoms with van der Waals surface area (Å²) in [5.41, 5.74) is 3.29. The maximum atomic E-state index is 13.1. The second-order valence-electron chi connectivity index (χ2n) is 9.04. The maximum absolute atomic E-state index is 13.1. The number of methoxy groups -OCH3 is 1. The minimum absolute atomic E-state index is 0.0141. The largest absolute Gasteiger partial charge is 0.494 e. The molecule has 1 aromatic heterocycles. The van der Waals surface area contributed by atoms with E-state index in [-0.39, 0.29) is 36.4 Å². The first-order valence-electron chi connectivity index (χ1n) is 12.9. The molecule has 13 nitrogen and oxygen atoms in total. The van der Waals surface area contributed by atoms with E-state index in [0.717, 1.165) is 17.9 Å². The van der Waals surface area contributed by atoms with Crippen molar-refractivity contribution in [2.24, 2.45) is 0 Å². The first kappa shape index (κ1) is 33.2. The van der Waals surface area contributed by atoms with Crippen LogP contribution in [0, 0.1) is 0 Å². The highest BCUT2D eigenvalue weighted by atomic mass is 16.5. The Morgan fingerprint density at radius 2 is 1.76 bits per heavy atom. The van der Waals surface area contributed by atoms with Crippen LogP contribution in [-0.2, 0) is 9.59 Å². The van der Waals surface area contributed by atoms with Gasteiger partial charge in [0.1, 0.15) is 11.4 Å². The van der Waals surface area contributed by atoms with E-state index in [4.69, 9.17) is 19.7 Å². The molecule has 0 aliphatic carbocycles. The molecule has 0 unspecified atom stereocenters. The van der Waals surface area contributed by atoms with Gasteiger partial charge in [-0.15, -0.1) is 0 Å². The van der Waals surface area contributed by atoms with Gasteiger partial charge in [-0.1, -0.05) is 6.58 Å². The average molecular weight is 580 g/mol. The predicted molar refractivity (Wildman–Crippen MR) is 163 cm³/mol. The fourth-order valence-corrected chi connectivity index (χ4v) is 3.66. The van der Waals surface area contributed by atoms with Crippen LogP contribution in [0.25, 0.3) is 0 Å². The molecule has 1 heterocycles. The van der Waals surface area contributed by atoms with Gasteiger partial charge in [0.25, 0.3) is 6.47 Å². The molecule has 0 aliphatic heterocycles. The quantitative estimate of drug-likeness (QED) is 0.108. The average Bonchev–Trinajstić information content (AvgIpc) is 2.99. The van der Waals surface area contributed by atoms with Crippen molar-refractivity contribution in [3.63, 3.8) is 0 Å². The van der Waals surface area contributed by atoms with Gasteiger partial charge in [-0.25, -0.2) is 9.97 Å². The third kappa shape index (κ3) is 9.87. The number of aliphatic hydroxyl groups is 1. The van der Waals surface area contributed by atoms with E-state index in [0.29, 0.717) is 35.8 Å². The van der Waals surface area contributed by atoms with E-state index in [1.54, 1.807) is 43.5 Å². The summed E-state index contributed by atoms with van der Waals surface area (Å²) in [5.74, 6) is 0.0763. The Hall–Kier alpha value is -5.01. The monoisotopic (exact) mass is 579 g/mol. The van der Waals surface area contributed by atoms with Gasteiger partial charge in [-0.3, -0.25) is 14.4 Å². The number of nitrogens with zero attached hydrogens (tertiary/aromatic N) is 4. The zero-order valence-corrected chi connectivity index (χ0v) is 24.1. The van der Waals surface area contributed by atoms with Crippen molar-refractivity contribution in [2.45, 2.75) is 0 Å². The summed E-state index contributed by atoms with van der Waals surface area (Å²) in [6, 6.07) is 12.0. The van der Waals surface area contributed by atoms with Crippen molar-refractivity contribution in [3.8, 4) is 5.75 Å². The van der Waals surface area contributed by atoms with Crippen LogP contribution in [0.3, 0.4) is 0 Å². The van der Waals surface area contributed by atoms with E-state index >= 15 is 0 Å². The molecule has 3 rings (SSSR count). The highest BCUT2D eigenvalue weighted by Crippen LogP contribution is 2.37. The number of rotatable bonds is 14. The lowest BCUT2D eigenvalue weighted by molar-refractivity contribution is -0.122. The lowest BCUT2D eigenvalue weighted by Crippen LogP contribution is -2.29. The molecule has 42 heavy (non-hydrogen) atoms. The number of nitrogens with one attached hydrogen (secondary N) is 3. The highest BCUT2D eigenvalue weighted by Gasteiger charge is 2.17. The Balaban J connectivity index is 0.00000197. The normalized spacial score (nSPS) is 10.1. The van der Waals surface area contributed by atoms with Crippen molar-refractivity contribution >= 4 is 46.9 Å². The molecule has 13 heteroatoms. The van der Waals surface area contributed by atoms with Crippen LogP contribution in [0.5, 0.6) is 5.75 Å². The molecule has 224 valence electrons. The summed E-state index contributed by atoms with van der Waals surface area (Å²) in [7, 11) is 7.47. The number of ketones is 1. The van der Waals surface area contributed by atoms with E-state index in [2.05, 4.69) is 37.4 Å². The molecule has 0 saturated carbocycles. The first-order chi connectivity index (χ1) is 20.2. The lowest BCUT2D eigenvalue weighted by atomic mass is 10.1. The van der Waals surface area contributed by atoms with Crippen LogP contribution in [-0.4, -0.2) is 97.7 Å². The molecular formula is C29H37N7O6. The molecule has 5 N–H and O–H groups in total. The molecule has 1 amide bonds. The zero-order chi connectivity index (χ0) is 31.1. The number of hydrogen-bond acceptors (Lipinski definition) is 11. The second kappa shape index (κ2) is 16.9. The summed E-state index contributed by atoms with van der Waals surface area (Å²) in [6.45, 7) is 5.25. The number of ether oxygens (including phenoxy) is 1. The summed E-state index contributed by atoms with van der Waals surface area (Å²) in [4.78, 5) is 46.4. The van der Waals surface area contributed by atoms with Crippen molar-refractivity contribution in [1.82, 2.24) is 14.9 Å².